The van der Waals surface area contributed by atoms with Crippen molar-refractivity contribution in [2.75, 3.05) is 0 Å². The lowest BCUT2D eigenvalue weighted by atomic mass is 10.3. The van der Waals surface area contributed by atoms with Crippen LogP contribution in [0.25, 0.3) is 0 Å². The molecule has 0 N–H and O–H groups in total. The van der Waals surface area contributed by atoms with E-state index in [4.69, 9.17) is 0 Å². The van der Waals surface area contributed by atoms with E-state index >= 15 is 0 Å². The molecule has 0 fully saturated rings. The predicted molar refractivity (Wildman–Crippen MR) is 49.2 cm³/mol. The van der Waals surface area contributed by atoms with E-state index < -0.39 is 11.7 Å². The van der Waals surface area contributed by atoms with Crippen LogP contribution in [0.5, 0.6) is 0 Å². The van der Waals surface area contributed by atoms with Crippen LogP contribution in [-0.2, 0) is 6.18 Å². The Morgan fingerprint density at radius 1 is 1.33 bits per heavy atom. The topological polar surface area (TPSA) is 12.9 Å². The molecule has 0 aliphatic carbocycles. The number of rotatable bonds is 0. The molecule has 0 saturated carbocycles. The van der Waals surface area contributed by atoms with Gasteiger partial charge in [-0.2, -0.15) is 13.2 Å². The Balaban J connectivity index is 3.26. The summed E-state index contributed by atoms with van der Waals surface area (Å²) in [5.41, 5.74) is -0.740. The number of aromatic nitrogens is 1. The second-order valence-electron chi connectivity index (χ2n) is 2.02. The van der Waals surface area contributed by atoms with Crippen LogP contribution < -0.4 is 0 Å². The van der Waals surface area contributed by atoms with E-state index in [1.54, 1.807) is 22.6 Å². The summed E-state index contributed by atoms with van der Waals surface area (Å²) in [4.78, 5) is 3.65. The van der Waals surface area contributed by atoms with Crippen LogP contribution >= 0.6 is 35.2 Å². The van der Waals surface area contributed by atoms with Crippen LogP contribution in [0.1, 0.15) is 5.56 Å². The van der Waals surface area contributed by atoms with Crippen molar-refractivity contribution in [2.45, 2.75) is 11.1 Å². The zero-order valence-electron chi connectivity index (χ0n) is 5.56. The molecule has 6 heteroatoms. The van der Waals surface area contributed by atoms with Crippen LogP contribution in [0.15, 0.2) is 17.3 Å². The third-order valence-electron chi connectivity index (χ3n) is 1.17. The summed E-state index contributed by atoms with van der Waals surface area (Å²) in [6, 6.07) is 0. The molecule has 0 spiro atoms. The molecule has 0 bridgehead atoms. The molecular weight excluding hydrogens is 302 g/mol. The number of alkyl halides is 3. The van der Waals surface area contributed by atoms with Gasteiger partial charge in [0.1, 0.15) is 0 Å². The van der Waals surface area contributed by atoms with Gasteiger partial charge in [-0.25, -0.2) is 0 Å². The molecule has 0 aliphatic rings. The lowest BCUT2D eigenvalue weighted by molar-refractivity contribution is -0.138. The number of halogens is 4. The van der Waals surface area contributed by atoms with Gasteiger partial charge < -0.3 is 0 Å². The van der Waals surface area contributed by atoms with E-state index in [0.29, 0.717) is 0 Å². The lowest BCUT2D eigenvalue weighted by Gasteiger charge is -2.08. The Labute approximate surface area is 85.9 Å². The number of hydrogen-bond donors (Lipinski definition) is 1. The highest BCUT2D eigenvalue weighted by Gasteiger charge is 2.33. The quantitative estimate of drug-likeness (QED) is 0.574. The van der Waals surface area contributed by atoms with Gasteiger partial charge in [-0.15, -0.1) is 12.6 Å². The lowest BCUT2D eigenvalue weighted by Crippen LogP contribution is -2.08. The van der Waals surface area contributed by atoms with Gasteiger partial charge in [0.25, 0.3) is 0 Å². The maximum absolute atomic E-state index is 12.1. The van der Waals surface area contributed by atoms with Gasteiger partial charge >= 0.3 is 6.18 Å². The minimum absolute atomic E-state index is 0.0819. The Bertz CT molecular complexity index is 299. The van der Waals surface area contributed by atoms with Crippen LogP contribution in [0, 0.1) is 3.57 Å². The van der Waals surface area contributed by atoms with Gasteiger partial charge in [0, 0.05) is 20.9 Å². The SMILES string of the molecule is FC(F)(F)c1cncc(S)c1I. The summed E-state index contributed by atoms with van der Waals surface area (Å²) in [6.45, 7) is 0. The monoisotopic (exact) mass is 305 g/mol. The molecule has 0 atom stereocenters. The molecule has 1 aromatic heterocycles. The van der Waals surface area contributed by atoms with Gasteiger partial charge in [0.2, 0.25) is 0 Å². The molecule has 0 amide bonds. The van der Waals surface area contributed by atoms with Crippen molar-refractivity contribution in [1.82, 2.24) is 4.98 Å². The second kappa shape index (κ2) is 3.41. The van der Waals surface area contributed by atoms with Gasteiger partial charge in [-0.1, -0.05) is 0 Å². The molecule has 66 valence electrons. The van der Waals surface area contributed by atoms with Crippen molar-refractivity contribution >= 4 is 35.2 Å². The number of nitrogens with zero attached hydrogens (tertiary/aromatic N) is 1. The summed E-state index contributed by atoms with van der Waals surface area (Å²) in [5, 5.41) is 0. The molecule has 0 aromatic carbocycles. The molecule has 1 aromatic rings. The minimum atomic E-state index is -4.34. The first kappa shape index (κ1) is 10.1. The van der Waals surface area contributed by atoms with Gasteiger partial charge in [0.15, 0.2) is 0 Å². The molecule has 0 radical (unpaired) electrons. The molecule has 12 heavy (non-hydrogen) atoms. The van der Waals surface area contributed by atoms with Crippen LogP contribution in [0.2, 0.25) is 0 Å². The number of hydrogen-bond acceptors (Lipinski definition) is 2. The molecule has 0 saturated heterocycles. The standard InChI is InChI=1S/C6H3F3INS/c7-6(8,9)3-1-11-2-4(12)5(3)10/h1-2,12H. The summed E-state index contributed by atoms with van der Waals surface area (Å²) < 4.78 is 36.5. The first-order valence-electron chi connectivity index (χ1n) is 2.82. The second-order valence-corrected chi connectivity index (χ2v) is 3.58. The van der Waals surface area contributed by atoms with E-state index in [-0.39, 0.29) is 8.47 Å². The number of pyridine rings is 1. The van der Waals surface area contributed by atoms with E-state index in [1.807, 2.05) is 0 Å². The average Bonchev–Trinajstić information content (AvgIpc) is 1.92. The molecule has 1 rings (SSSR count). The van der Waals surface area contributed by atoms with Crippen molar-refractivity contribution in [1.29, 1.82) is 0 Å². The van der Waals surface area contributed by atoms with Gasteiger partial charge in [-0.05, 0) is 22.6 Å². The van der Waals surface area contributed by atoms with E-state index in [2.05, 4.69) is 17.6 Å². The normalized spacial score (nSPS) is 11.8. The molecule has 1 heterocycles. The van der Waals surface area contributed by atoms with E-state index in [9.17, 15) is 13.2 Å². The Kier molecular flexibility index (Phi) is 2.87. The maximum atomic E-state index is 12.1. The molecule has 0 unspecified atom stereocenters. The van der Waals surface area contributed by atoms with Gasteiger partial charge in [0.05, 0.1) is 5.56 Å². The third kappa shape index (κ3) is 2.03. The summed E-state index contributed by atoms with van der Waals surface area (Å²) >= 11 is 5.42. The Morgan fingerprint density at radius 2 is 1.92 bits per heavy atom. The van der Waals surface area contributed by atoms with Crippen molar-refractivity contribution in [3.8, 4) is 0 Å². The minimum Gasteiger partial charge on any atom is -0.263 e. The van der Waals surface area contributed by atoms with Crippen molar-refractivity contribution in [2.24, 2.45) is 0 Å². The van der Waals surface area contributed by atoms with Crippen LogP contribution in [0.3, 0.4) is 0 Å². The predicted octanol–water partition coefficient (Wildman–Crippen LogP) is 2.99. The highest BCUT2D eigenvalue weighted by Crippen LogP contribution is 2.34. The number of thiol groups is 1. The zero-order valence-corrected chi connectivity index (χ0v) is 8.61. The van der Waals surface area contributed by atoms with E-state index in [1.165, 1.54) is 6.20 Å². The van der Waals surface area contributed by atoms with Gasteiger partial charge in [-0.3, -0.25) is 4.98 Å². The summed E-state index contributed by atoms with van der Waals surface area (Å²) in [7, 11) is 0. The maximum Gasteiger partial charge on any atom is 0.418 e. The molecule has 1 nitrogen and oxygen atoms in total. The fourth-order valence-corrected chi connectivity index (χ4v) is 1.40. The fourth-order valence-electron chi connectivity index (χ4n) is 0.631. The third-order valence-corrected chi connectivity index (χ3v) is 3.10. The first-order valence-corrected chi connectivity index (χ1v) is 4.35. The summed E-state index contributed by atoms with van der Waals surface area (Å²) in [6.07, 6.45) is -2.27. The Morgan fingerprint density at radius 3 is 2.33 bits per heavy atom. The van der Waals surface area contributed by atoms with Crippen LogP contribution in [0.4, 0.5) is 13.2 Å². The molecule has 0 aliphatic heterocycles. The Hall–Kier alpha value is 0.0200. The summed E-state index contributed by atoms with van der Waals surface area (Å²) in [5.74, 6) is 0. The average molecular weight is 305 g/mol. The largest absolute Gasteiger partial charge is 0.418 e. The smallest absolute Gasteiger partial charge is 0.263 e. The first-order chi connectivity index (χ1) is 5.43. The molecular formula is C6H3F3INS. The van der Waals surface area contributed by atoms with Crippen molar-refractivity contribution < 1.29 is 13.2 Å². The van der Waals surface area contributed by atoms with E-state index in [0.717, 1.165) is 6.20 Å². The van der Waals surface area contributed by atoms with Crippen LogP contribution in [-0.4, -0.2) is 4.98 Å². The van der Waals surface area contributed by atoms with Crippen molar-refractivity contribution in [3.05, 3.63) is 21.5 Å². The zero-order chi connectivity index (χ0) is 9.35. The highest BCUT2D eigenvalue weighted by molar-refractivity contribution is 14.1. The fraction of sp³-hybridized carbons (Fsp3) is 0.167. The van der Waals surface area contributed by atoms with Crippen molar-refractivity contribution in [3.63, 3.8) is 0 Å². The highest BCUT2D eigenvalue weighted by atomic mass is 127.